The number of carbonyl (C=O) groups excluding carboxylic acids is 2. The number of aliphatic hydroxyl groups is 1. The molecule has 3 rings (SSSR count). The van der Waals surface area contributed by atoms with Gasteiger partial charge in [-0.15, -0.1) is 5.10 Å². The third-order valence-electron chi connectivity index (χ3n) is 4.94. The topological polar surface area (TPSA) is 110 Å². The molecule has 9 heteroatoms. The minimum atomic E-state index is -0.725. The molecular weight excluding hydrogens is 350 g/mol. The standard InChI is InChI=1S/C18H25N5O4/c1-10(2)16(18(26)22-9-11(24)8-13(22)17(25)19-3)23-12-6-5-7-14(27-4)15(12)20-21-23/h5-7,10-11,13,16,24H,8-9H2,1-4H3,(H,19,25). The van der Waals surface area contributed by atoms with E-state index in [1.54, 1.807) is 17.9 Å². The number of benzene rings is 1. The molecule has 1 fully saturated rings. The number of fused-ring (bicyclic) bond motifs is 1. The average molecular weight is 375 g/mol. The summed E-state index contributed by atoms with van der Waals surface area (Å²) in [6.07, 6.45) is -0.501. The van der Waals surface area contributed by atoms with Crippen LogP contribution in [-0.4, -0.2) is 69.7 Å². The monoisotopic (exact) mass is 375 g/mol. The van der Waals surface area contributed by atoms with Crippen molar-refractivity contribution in [3.63, 3.8) is 0 Å². The molecule has 0 bridgehead atoms. The molecule has 1 aromatic heterocycles. The second-order valence-electron chi connectivity index (χ2n) is 7.06. The number of β-amino-alcohol motifs (C(OH)–C–C–N with tert-alkyl or cyclic N) is 1. The maximum absolute atomic E-state index is 13.4. The number of nitrogens with one attached hydrogen (secondary N) is 1. The molecule has 146 valence electrons. The maximum atomic E-state index is 13.4. The maximum Gasteiger partial charge on any atom is 0.248 e. The summed E-state index contributed by atoms with van der Waals surface area (Å²) >= 11 is 0. The fourth-order valence-electron chi connectivity index (χ4n) is 3.62. The van der Waals surface area contributed by atoms with E-state index in [0.717, 1.165) is 0 Å². The predicted molar refractivity (Wildman–Crippen MR) is 98.1 cm³/mol. The number of ether oxygens (including phenoxy) is 1. The van der Waals surface area contributed by atoms with Crippen molar-refractivity contribution >= 4 is 22.8 Å². The third kappa shape index (κ3) is 3.34. The van der Waals surface area contributed by atoms with Gasteiger partial charge in [0.25, 0.3) is 0 Å². The zero-order valence-electron chi connectivity index (χ0n) is 15.9. The molecule has 1 aliphatic heterocycles. The molecule has 9 nitrogen and oxygen atoms in total. The van der Waals surface area contributed by atoms with Crippen molar-refractivity contribution < 1.29 is 19.4 Å². The van der Waals surface area contributed by atoms with E-state index >= 15 is 0 Å². The van der Waals surface area contributed by atoms with Crippen molar-refractivity contribution in [2.75, 3.05) is 20.7 Å². The molecule has 2 aromatic rings. The number of hydrogen-bond acceptors (Lipinski definition) is 6. The van der Waals surface area contributed by atoms with Crippen LogP contribution in [0.4, 0.5) is 0 Å². The van der Waals surface area contributed by atoms with E-state index in [0.29, 0.717) is 16.8 Å². The largest absolute Gasteiger partial charge is 0.494 e. The molecule has 2 amide bonds. The molecule has 0 saturated carbocycles. The van der Waals surface area contributed by atoms with Crippen LogP contribution >= 0.6 is 0 Å². The lowest BCUT2D eigenvalue weighted by Gasteiger charge is -2.29. The Morgan fingerprint density at radius 2 is 2.11 bits per heavy atom. The number of likely N-dealkylation sites (tertiary alicyclic amines) is 1. The van der Waals surface area contributed by atoms with Crippen LogP contribution in [0.5, 0.6) is 5.75 Å². The quantitative estimate of drug-likeness (QED) is 0.780. The van der Waals surface area contributed by atoms with Gasteiger partial charge >= 0.3 is 0 Å². The Balaban J connectivity index is 2.01. The van der Waals surface area contributed by atoms with E-state index in [9.17, 15) is 14.7 Å². The van der Waals surface area contributed by atoms with Crippen LogP contribution in [0.25, 0.3) is 11.0 Å². The van der Waals surface area contributed by atoms with Gasteiger partial charge in [-0.1, -0.05) is 25.1 Å². The smallest absolute Gasteiger partial charge is 0.248 e. The number of likely N-dealkylation sites (N-methyl/N-ethyl adjacent to an activating group) is 1. The summed E-state index contributed by atoms with van der Waals surface area (Å²) in [7, 11) is 3.07. The minimum Gasteiger partial charge on any atom is -0.494 e. The van der Waals surface area contributed by atoms with E-state index < -0.39 is 18.2 Å². The average Bonchev–Trinajstić information content (AvgIpc) is 3.24. The highest BCUT2D eigenvalue weighted by atomic mass is 16.5. The first-order chi connectivity index (χ1) is 12.9. The summed E-state index contributed by atoms with van der Waals surface area (Å²) in [5.41, 5.74) is 1.25. The molecule has 2 N–H and O–H groups in total. The molecule has 27 heavy (non-hydrogen) atoms. The fraction of sp³-hybridized carbons (Fsp3) is 0.556. The molecule has 0 spiro atoms. The number of hydrogen-bond donors (Lipinski definition) is 2. The number of aliphatic hydroxyl groups excluding tert-OH is 1. The number of aromatic nitrogens is 3. The van der Waals surface area contributed by atoms with E-state index in [2.05, 4.69) is 15.6 Å². The van der Waals surface area contributed by atoms with Gasteiger partial charge in [-0.25, -0.2) is 4.68 Å². The lowest BCUT2D eigenvalue weighted by molar-refractivity contribution is -0.142. The Kier molecular flexibility index (Phi) is 5.31. The first-order valence-corrected chi connectivity index (χ1v) is 8.97. The van der Waals surface area contributed by atoms with Crippen molar-refractivity contribution in [1.82, 2.24) is 25.2 Å². The van der Waals surface area contributed by atoms with Gasteiger partial charge in [0.1, 0.15) is 17.8 Å². The first kappa shape index (κ1) is 19.1. The van der Waals surface area contributed by atoms with Crippen molar-refractivity contribution in [3.05, 3.63) is 18.2 Å². The number of carbonyl (C=O) groups is 2. The molecule has 3 atom stereocenters. The van der Waals surface area contributed by atoms with E-state index in [4.69, 9.17) is 4.74 Å². The lowest BCUT2D eigenvalue weighted by Crippen LogP contribution is -2.48. The highest BCUT2D eigenvalue weighted by Crippen LogP contribution is 2.30. The van der Waals surface area contributed by atoms with Crippen molar-refractivity contribution in [2.24, 2.45) is 5.92 Å². The molecule has 3 unspecified atom stereocenters. The van der Waals surface area contributed by atoms with E-state index in [1.165, 1.54) is 11.9 Å². The lowest BCUT2D eigenvalue weighted by atomic mass is 10.0. The predicted octanol–water partition coefficient (Wildman–Crippen LogP) is 0.345. The third-order valence-corrected chi connectivity index (χ3v) is 4.94. The summed E-state index contributed by atoms with van der Waals surface area (Å²) < 4.78 is 6.90. The van der Waals surface area contributed by atoms with E-state index in [1.807, 2.05) is 26.0 Å². The highest BCUT2D eigenvalue weighted by molar-refractivity contribution is 5.91. The van der Waals surface area contributed by atoms with Gasteiger partial charge in [-0.3, -0.25) is 9.59 Å². The van der Waals surface area contributed by atoms with Gasteiger partial charge in [0, 0.05) is 20.0 Å². The minimum absolute atomic E-state index is 0.100. The first-order valence-electron chi connectivity index (χ1n) is 8.97. The number of rotatable bonds is 5. The van der Waals surface area contributed by atoms with Crippen molar-refractivity contribution in [3.8, 4) is 5.75 Å². The van der Waals surface area contributed by atoms with Crippen LogP contribution in [0.1, 0.15) is 26.3 Å². The Labute approximate surface area is 157 Å². The van der Waals surface area contributed by atoms with E-state index in [-0.39, 0.29) is 30.7 Å². The van der Waals surface area contributed by atoms with Gasteiger partial charge in [-0.05, 0) is 18.1 Å². The Morgan fingerprint density at radius 1 is 1.37 bits per heavy atom. The van der Waals surface area contributed by atoms with Crippen LogP contribution in [-0.2, 0) is 9.59 Å². The zero-order chi connectivity index (χ0) is 19.7. The van der Waals surface area contributed by atoms with Gasteiger partial charge < -0.3 is 20.1 Å². The van der Waals surface area contributed by atoms with Gasteiger partial charge in [0.2, 0.25) is 11.8 Å². The second-order valence-corrected chi connectivity index (χ2v) is 7.06. The summed E-state index contributed by atoms with van der Waals surface area (Å²) in [5.74, 6) is -0.0671. The van der Waals surface area contributed by atoms with Crippen LogP contribution in [0.15, 0.2) is 18.2 Å². The number of amides is 2. The van der Waals surface area contributed by atoms with Crippen LogP contribution in [0.2, 0.25) is 0 Å². The molecule has 1 aromatic carbocycles. The molecule has 1 aliphatic rings. The molecule has 2 heterocycles. The van der Waals surface area contributed by atoms with Crippen molar-refractivity contribution in [2.45, 2.75) is 38.5 Å². The number of methoxy groups -OCH3 is 1. The number of nitrogens with zero attached hydrogens (tertiary/aromatic N) is 4. The van der Waals surface area contributed by atoms with Gasteiger partial charge in [-0.2, -0.15) is 0 Å². The molecular formula is C18H25N5O4. The Morgan fingerprint density at radius 3 is 2.74 bits per heavy atom. The van der Waals surface area contributed by atoms with Crippen LogP contribution in [0, 0.1) is 5.92 Å². The van der Waals surface area contributed by atoms with Gasteiger partial charge in [0.15, 0.2) is 5.52 Å². The fourth-order valence-corrected chi connectivity index (χ4v) is 3.62. The summed E-state index contributed by atoms with van der Waals surface area (Å²) in [6.45, 7) is 3.95. The summed E-state index contributed by atoms with van der Waals surface area (Å²) in [4.78, 5) is 27.0. The molecule has 1 saturated heterocycles. The summed E-state index contributed by atoms with van der Waals surface area (Å²) in [6, 6.07) is 4.08. The SMILES string of the molecule is CNC(=O)C1CC(O)CN1C(=O)C(C(C)C)n1nnc2c(OC)cccc21. The second kappa shape index (κ2) is 7.51. The Bertz CT molecular complexity index is 849. The molecule has 0 aliphatic carbocycles. The van der Waals surface area contributed by atoms with Crippen LogP contribution < -0.4 is 10.1 Å². The Hall–Kier alpha value is -2.68. The zero-order valence-corrected chi connectivity index (χ0v) is 15.9. The normalized spacial score (nSPS) is 20.9. The highest BCUT2D eigenvalue weighted by Gasteiger charge is 2.42. The van der Waals surface area contributed by atoms with Gasteiger partial charge in [0.05, 0.1) is 18.7 Å². The molecule has 0 radical (unpaired) electrons. The van der Waals surface area contributed by atoms with Crippen molar-refractivity contribution in [1.29, 1.82) is 0 Å². The summed E-state index contributed by atoms with van der Waals surface area (Å²) in [5, 5.41) is 21.0. The van der Waals surface area contributed by atoms with Crippen LogP contribution in [0.3, 0.4) is 0 Å².